The van der Waals surface area contributed by atoms with Gasteiger partial charge in [-0.25, -0.2) is 0 Å². The molecule has 2 nitrogen and oxygen atoms in total. The first-order valence-corrected chi connectivity index (χ1v) is 10.3. The second-order valence-corrected chi connectivity index (χ2v) is 9.12. The molecule has 136 valence electrons. The summed E-state index contributed by atoms with van der Waals surface area (Å²) in [6.45, 7) is 7.06. The first kappa shape index (κ1) is 17.1. The van der Waals surface area contributed by atoms with Gasteiger partial charge in [0.05, 0.1) is 0 Å². The lowest BCUT2D eigenvalue weighted by atomic mass is 9.54. The van der Waals surface area contributed by atoms with Crippen LogP contribution in [0.15, 0.2) is 17.1 Å². The van der Waals surface area contributed by atoms with Crippen molar-refractivity contribution in [2.24, 2.45) is 28.2 Å². The Hall–Kier alpha value is -1.31. The van der Waals surface area contributed by atoms with E-state index in [2.05, 4.69) is 32.9 Å². The summed E-state index contributed by atoms with van der Waals surface area (Å²) in [6, 6.07) is 4.69. The average molecular weight is 339 g/mol. The van der Waals surface area contributed by atoms with E-state index in [1.165, 1.54) is 61.8 Å². The highest BCUT2D eigenvalue weighted by Crippen LogP contribution is 2.62. The molecule has 0 bridgehead atoms. The lowest BCUT2D eigenvalue weighted by molar-refractivity contribution is 0.0570. The lowest BCUT2D eigenvalue weighted by Gasteiger charge is -2.50. The van der Waals surface area contributed by atoms with E-state index in [4.69, 9.17) is 10.7 Å². The highest BCUT2D eigenvalue weighted by Gasteiger charge is 2.56. The minimum atomic E-state index is 0.357. The third kappa shape index (κ3) is 2.47. The van der Waals surface area contributed by atoms with Crippen molar-refractivity contribution in [2.45, 2.75) is 71.6 Å². The minimum Gasteiger partial charge on any atom is -0.399 e. The average Bonchev–Trinajstić information content (AvgIpc) is 2.88. The first-order valence-electron chi connectivity index (χ1n) is 10.3. The van der Waals surface area contributed by atoms with Crippen molar-refractivity contribution in [2.75, 3.05) is 12.8 Å². The van der Waals surface area contributed by atoms with Gasteiger partial charge in [0.25, 0.3) is 0 Å². The zero-order valence-corrected chi connectivity index (χ0v) is 16.4. The molecule has 5 unspecified atom stereocenters. The molecule has 1 aromatic rings. The molecule has 2 fully saturated rings. The van der Waals surface area contributed by atoms with Crippen LogP contribution in [0, 0.1) is 30.1 Å². The molecule has 2 saturated carbocycles. The van der Waals surface area contributed by atoms with Crippen LogP contribution in [0.1, 0.15) is 75.0 Å². The van der Waals surface area contributed by atoms with Crippen LogP contribution in [-0.4, -0.2) is 12.8 Å². The Morgan fingerprint density at radius 1 is 1.28 bits per heavy atom. The molecule has 2 heteroatoms. The fourth-order valence-corrected chi connectivity index (χ4v) is 6.82. The second kappa shape index (κ2) is 6.14. The van der Waals surface area contributed by atoms with Crippen LogP contribution in [0.2, 0.25) is 0 Å². The minimum absolute atomic E-state index is 0.357. The zero-order chi connectivity index (χ0) is 17.8. The van der Waals surface area contributed by atoms with Gasteiger partial charge < -0.3 is 5.73 Å². The van der Waals surface area contributed by atoms with Crippen molar-refractivity contribution in [1.29, 1.82) is 0 Å². The van der Waals surface area contributed by atoms with E-state index in [0.717, 1.165) is 29.4 Å². The van der Waals surface area contributed by atoms with Crippen LogP contribution >= 0.6 is 0 Å². The number of nitrogens with two attached hydrogens (primary N) is 1. The number of nitrogen functional groups attached to an aromatic ring is 1. The number of benzene rings is 1. The topological polar surface area (TPSA) is 38.4 Å². The third-order valence-corrected chi connectivity index (χ3v) is 7.91. The summed E-state index contributed by atoms with van der Waals surface area (Å²) in [5, 5.41) is 0. The summed E-state index contributed by atoms with van der Waals surface area (Å²) < 4.78 is 0. The Labute approximate surface area is 153 Å². The summed E-state index contributed by atoms with van der Waals surface area (Å²) in [7, 11) is 2.03. The van der Waals surface area contributed by atoms with Crippen LogP contribution in [0.5, 0.6) is 0 Å². The van der Waals surface area contributed by atoms with Crippen molar-refractivity contribution in [3.05, 3.63) is 28.8 Å². The standard InChI is InChI=1S/C23H34N2/c1-5-6-16-13-21(25-4)23(3)10-9-17-18(22(16)23)8-7-15-12-20(24)14(2)11-19(15)17/h11-12,16-18,22H,5-10,13,24H2,1-4H3. The quantitative estimate of drug-likeness (QED) is 0.707. The van der Waals surface area contributed by atoms with Gasteiger partial charge in [-0.1, -0.05) is 32.8 Å². The van der Waals surface area contributed by atoms with Crippen LogP contribution in [0.3, 0.4) is 0 Å². The van der Waals surface area contributed by atoms with Gasteiger partial charge in [0.2, 0.25) is 0 Å². The largest absolute Gasteiger partial charge is 0.399 e. The predicted molar refractivity (Wildman–Crippen MR) is 107 cm³/mol. The molecule has 0 heterocycles. The summed E-state index contributed by atoms with van der Waals surface area (Å²) >= 11 is 0. The van der Waals surface area contributed by atoms with Crippen molar-refractivity contribution in [3.8, 4) is 0 Å². The fraction of sp³-hybridized carbons (Fsp3) is 0.696. The number of rotatable bonds is 2. The smallest absolute Gasteiger partial charge is 0.0346 e. The van der Waals surface area contributed by atoms with E-state index in [0.29, 0.717) is 5.41 Å². The van der Waals surface area contributed by atoms with Gasteiger partial charge in [0.1, 0.15) is 0 Å². The lowest BCUT2D eigenvalue weighted by Crippen LogP contribution is -2.44. The number of anilines is 1. The van der Waals surface area contributed by atoms with Gasteiger partial charge in [-0.05, 0) is 85.5 Å². The van der Waals surface area contributed by atoms with Crippen molar-refractivity contribution in [1.82, 2.24) is 0 Å². The number of aryl methyl sites for hydroxylation is 2. The number of hydrogen-bond donors (Lipinski definition) is 1. The van der Waals surface area contributed by atoms with Crippen molar-refractivity contribution in [3.63, 3.8) is 0 Å². The normalized spacial score (nSPS) is 38.3. The van der Waals surface area contributed by atoms with Crippen LogP contribution < -0.4 is 5.73 Å². The van der Waals surface area contributed by atoms with E-state index < -0.39 is 0 Å². The molecule has 1 aromatic carbocycles. The van der Waals surface area contributed by atoms with E-state index in [1.807, 2.05) is 7.05 Å². The number of nitrogens with zero attached hydrogens (tertiary/aromatic N) is 1. The van der Waals surface area contributed by atoms with Crippen LogP contribution in [-0.2, 0) is 6.42 Å². The molecule has 0 aliphatic heterocycles. The molecule has 0 aromatic heterocycles. The Morgan fingerprint density at radius 2 is 2.08 bits per heavy atom. The van der Waals surface area contributed by atoms with E-state index >= 15 is 0 Å². The number of fused-ring (bicyclic) bond motifs is 5. The maximum absolute atomic E-state index is 6.20. The van der Waals surface area contributed by atoms with E-state index in [9.17, 15) is 0 Å². The SMILES string of the molecule is CCCC1CC(=NC)C2(C)CCC3c4cc(C)c(N)cc4CCC3C12. The van der Waals surface area contributed by atoms with E-state index in [-0.39, 0.29) is 0 Å². The summed E-state index contributed by atoms with van der Waals surface area (Å²) in [4.78, 5) is 4.78. The van der Waals surface area contributed by atoms with Gasteiger partial charge in [0, 0.05) is 23.9 Å². The number of hydrogen-bond acceptors (Lipinski definition) is 2. The molecule has 0 radical (unpaired) electrons. The fourth-order valence-electron chi connectivity index (χ4n) is 6.82. The molecular weight excluding hydrogens is 304 g/mol. The Morgan fingerprint density at radius 3 is 2.80 bits per heavy atom. The van der Waals surface area contributed by atoms with Crippen molar-refractivity contribution < 1.29 is 0 Å². The maximum atomic E-state index is 6.20. The first-order chi connectivity index (χ1) is 12.0. The number of aliphatic imine (C=N–C) groups is 1. The predicted octanol–water partition coefficient (Wildman–Crippen LogP) is 5.53. The highest BCUT2D eigenvalue weighted by molar-refractivity contribution is 5.92. The zero-order valence-electron chi connectivity index (χ0n) is 16.4. The van der Waals surface area contributed by atoms with Gasteiger partial charge in [-0.3, -0.25) is 4.99 Å². The van der Waals surface area contributed by atoms with Gasteiger partial charge in [0.15, 0.2) is 0 Å². The van der Waals surface area contributed by atoms with Crippen LogP contribution in [0.4, 0.5) is 5.69 Å². The molecule has 5 atom stereocenters. The molecule has 3 aliphatic carbocycles. The van der Waals surface area contributed by atoms with E-state index in [1.54, 1.807) is 5.56 Å². The van der Waals surface area contributed by atoms with Crippen molar-refractivity contribution >= 4 is 11.4 Å². The molecule has 4 rings (SSSR count). The monoisotopic (exact) mass is 338 g/mol. The summed E-state index contributed by atoms with van der Waals surface area (Å²) in [6.07, 6.45) is 9.12. The second-order valence-electron chi connectivity index (χ2n) is 9.12. The van der Waals surface area contributed by atoms with Gasteiger partial charge in [-0.2, -0.15) is 0 Å². The highest BCUT2D eigenvalue weighted by atomic mass is 14.8. The Bertz CT molecular complexity index is 704. The summed E-state index contributed by atoms with van der Waals surface area (Å²) in [5.74, 6) is 3.26. The summed E-state index contributed by atoms with van der Waals surface area (Å²) in [5.41, 5.74) is 13.5. The third-order valence-electron chi connectivity index (χ3n) is 7.91. The van der Waals surface area contributed by atoms with Gasteiger partial charge in [-0.15, -0.1) is 0 Å². The molecule has 0 saturated heterocycles. The Balaban J connectivity index is 1.75. The molecule has 2 N–H and O–H groups in total. The molecular formula is C23H34N2. The van der Waals surface area contributed by atoms with Gasteiger partial charge >= 0.3 is 0 Å². The molecule has 25 heavy (non-hydrogen) atoms. The Kier molecular flexibility index (Phi) is 4.21. The maximum Gasteiger partial charge on any atom is 0.0346 e. The molecule has 0 amide bonds. The van der Waals surface area contributed by atoms with Crippen LogP contribution in [0.25, 0.3) is 0 Å². The molecule has 0 spiro atoms. The molecule has 3 aliphatic rings.